The lowest BCUT2D eigenvalue weighted by Crippen LogP contribution is -2.15. The molecule has 0 radical (unpaired) electrons. The standard InChI is InChI=1S/C16H24N2O2/c1-11(2)8-15(19)17-13-6-5-7-14(10-13)18-16(20)9-12(3)4/h5-7,10-12H,8-9H2,1-4H3,(H,17,19)(H,18,20). The quantitative estimate of drug-likeness (QED) is 0.833. The average molecular weight is 276 g/mol. The molecule has 0 saturated heterocycles. The van der Waals surface area contributed by atoms with Gasteiger partial charge in [-0.3, -0.25) is 9.59 Å². The van der Waals surface area contributed by atoms with Gasteiger partial charge in [-0.05, 0) is 30.0 Å². The van der Waals surface area contributed by atoms with E-state index in [1.165, 1.54) is 0 Å². The van der Waals surface area contributed by atoms with E-state index in [4.69, 9.17) is 0 Å². The second-order valence-corrected chi connectivity index (χ2v) is 5.87. The van der Waals surface area contributed by atoms with Gasteiger partial charge in [-0.25, -0.2) is 0 Å². The lowest BCUT2D eigenvalue weighted by atomic mass is 10.1. The van der Waals surface area contributed by atoms with E-state index < -0.39 is 0 Å². The summed E-state index contributed by atoms with van der Waals surface area (Å²) in [4.78, 5) is 23.4. The van der Waals surface area contributed by atoms with Crippen molar-refractivity contribution in [3.8, 4) is 0 Å². The van der Waals surface area contributed by atoms with Gasteiger partial charge in [0, 0.05) is 24.2 Å². The van der Waals surface area contributed by atoms with Crippen LogP contribution >= 0.6 is 0 Å². The van der Waals surface area contributed by atoms with Crippen molar-refractivity contribution in [1.29, 1.82) is 0 Å². The number of hydrogen-bond acceptors (Lipinski definition) is 2. The van der Waals surface area contributed by atoms with Crippen LogP contribution in [0.5, 0.6) is 0 Å². The Morgan fingerprint density at radius 1 is 0.900 bits per heavy atom. The first kappa shape index (κ1) is 16.2. The van der Waals surface area contributed by atoms with Crippen molar-refractivity contribution < 1.29 is 9.59 Å². The van der Waals surface area contributed by atoms with E-state index in [1.54, 1.807) is 6.07 Å². The molecule has 0 aliphatic carbocycles. The molecule has 0 spiro atoms. The number of carbonyl (C=O) groups is 2. The maximum Gasteiger partial charge on any atom is 0.224 e. The number of hydrogen-bond donors (Lipinski definition) is 2. The molecular weight excluding hydrogens is 252 g/mol. The molecule has 0 aliphatic heterocycles. The number of benzene rings is 1. The van der Waals surface area contributed by atoms with Gasteiger partial charge in [-0.1, -0.05) is 33.8 Å². The van der Waals surface area contributed by atoms with Crippen LogP contribution in [-0.4, -0.2) is 11.8 Å². The van der Waals surface area contributed by atoms with Gasteiger partial charge in [0.05, 0.1) is 0 Å². The lowest BCUT2D eigenvalue weighted by molar-refractivity contribution is -0.117. The van der Waals surface area contributed by atoms with E-state index in [9.17, 15) is 9.59 Å². The van der Waals surface area contributed by atoms with Crippen molar-refractivity contribution in [3.63, 3.8) is 0 Å². The van der Waals surface area contributed by atoms with Gasteiger partial charge in [0.2, 0.25) is 11.8 Å². The minimum absolute atomic E-state index is 0.00865. The second kappa shape index (κ2) is 7.68. The summed E-state index contributed by atoms with van der Waals surface area (Å²) in [6, 6.07) is 7.22. The third-order valence-corrected chi connectivity index (χ3v) is 2.62. The van der Waals surface area contributed by atoms with Crippen molar-refractivity contribution in [2.75, 3.05) is 10.6 Å². The minimum Gasteiger partial charge on any atom is -0.326 e. The summed E-state index contributed by atoms with van der Waals surface area (Å²) in [5, 5.41) is 5.67. The zero-order valence-corrected chi connectivity index (χ0v) is 12.7. The normalized spacial score (nSPS) is 10.7. The fourth-order valence-electron chi connectivity index (χ4n) is 1.84. The van der Waals surface area contributed by atoms with Crippen LogP contribution < -0.4 is 10.6 Å². The third-order valence-electron chi connectivity index (χ3n) is 2.62. The highest BCUT2D eigenvalue weighted by molar-refractivity contribution is 5.94. The van der Waals surface area contributed by atoms with Crippen LogP contribution in [0.4, 0.5) is 11.4 Å². The van der Waals surface area contributed by atoms with E-state index >= 15 is 0 Å². The van der Waals surface area contributed by atoms with Crippen LogP contribution in [-0.2, 0) is 9.59 Å². The SMILES string of the molecule is CC(C)CC(=O)Nc1cccc(NC(=O)CC(C)C)c1. The number of nitrogens with one attached hydrogen (secondary N) is 2. The van der Waals surface area contributed by atoms with E-state index in [2.05, 4.69) is 10.6 Å². The Balaban J connectivity index is 2.61. The van der Waals surface area contributed by atoms with Gasteiger partial charge in [0.15, 0.2) is 0 Å². The van der Waals surface area contributed by atoms with Crippen LogP contribution in [0.2, 0.25) is 0 Å². The Morgan fingerprint density at radius 2 is 1.30 bits per heavy atom. The minimum atomic E-state index is -0.00865. The molecule has 0 aliphatic rings. The van der Waals surface area contributed by atoms with Gasteiger partial charge in [0.25, 0.3) is 0 Å². The molecule has 1 aromatic rings. The summed E-state index contributed by atoms with van der Waals surface area (Å²) in [6.07, 6.45) is 0.980. The highest BCUT2D eigenvalue weighted by atomic mass is 16.2. The highest BCUT2D eigenvalue weighted by Crippen LogP contribution is 2.16. The maximum absolute atomic E-state index is 11.7. The summed E-state index contributed by atoms with van der Waals surface area (Å²) >= 11 is 0. The summed E-state index contributed by atoms with van der Waals surface area (Å²) < 4.78 is 0. The van der Waals surface area contributed by atoms with E-state index in [-0.39, 0.29) is 11.8 Å². The molecule has 0 bridgehead atoms. The molecule has 0 fully saturated rings. The van der Waals surface area contributed by atoms with E-state index in [0.29, 0.717) is 36.1 Å². The first-order valence-corrected chi connectivity index (χ1v) is 7.06. The molecule has 1 aromatic carbocycles. The molecule has 4 nitrogen and oxygen atoms in total. The summed E-state index contributed by atoms with van der Waals surface area (Å²) in [7, 11) is 0. The van der Waals surface area contributed by atoms with Crippen molar-refractivity contribution >= 4 is 23.2 Å². The summed E-state index contributed by atoms with van der Waals surface area (Å²) in [5.41, 5.74) is 1.41. The van der Waals surface area contributed by atoms with Gasteiger partial charge >= 0.3 is 0 Å². The van der Waals surface area contributed by atoms with Crippen LogP contribution in [0.15, 0.2) is 24.3 Å². The number of amides is 2. The molecule has 4 heteroatoms. The van der Waals surface area contributed by atoms with Gasteiger partial charge in [-0.2, -0.15) is 0 Å². The molecule has 20 heavy (non-hydrogen) atoms. The monoisotopic (exact) mass is 276 g/mol. The fourth-order valence-corrected chi connectivity index (χ4v) is 1.84. The Hall–Kier alpha value is -1.84. The fraction of sp³-hybridized carbons (Fsp3) is 0.500. The Labute approximate surface area is 121 Å². The Bertz CT molecular complexity index is 428. The highest BCUT2D eigenvalue weighted by Gasteiger charge is 2.08. The number of carbonyl (C=O) groups excluding carboxylic acids is 2. The Morgan fingerprint density at radius 3 is 1.65 bits per heavy atom. The number of rotatable bonds is 6. The molecule has 0 atom stereocenters. The predicted molar refractivity (Wildman–Crippen MR) is 82.6 cm³/mol. The molecule has 0 heterocycles. The van der Waals surface area contributed by atoms with Crippen molar-refractivity contribution in [2.24, 2.45) is 11.8 Å². The molecular formula is C16H24N2O2. The van der Waals surface area contributed by atoms with E-state index in [1.807, 2.05) is 45.9 Å². The molecule has 2 N–H and O–H groups in total. The summed E-state index contributed by atoms with van der Waals surface area (Å²) in [5.74, 6) is 0.629. The van der Waals surface area contributed by atoms with Crippen LogP contribution in [0.1, 0.15) is 40.5 Å². The average Bonchev–Trinajstić information content (AvgIpc) is 2.26. The summed E-state index contributed by atoms with van der Waals surface area (Å²) in [6.45, 7) is 8.01. The van der Waals surface area contributed by atoms with Crippen molar-refractivity contribution in [2.45, 2.75) is 40.5 Å². The topological polar surface area (TPSA) is 58.2 Å². The molecule has 0 unspecified atom stereocenters. The smallest absolute Gasteiger partial charge is 0.224 e. The van der Waals surface area contributed by atoms with Crippen molar-refractivity contribution in [3.05, 3.63) is 24.3 Å². The van der Waals surface area contributed by atoms with Gasteiger partial charge < -0.3 is 10.6 Å². The molecule has 0 saturated carbocycles. The van der Waals surface area contributed by atoms with Crippen LogP contribution in [0, 0.1) is 11.8 Å². The van der Waals surface area contributed by atoms with Gasteiger partial charge in [0.1, 0.15) is 0 Å². The molecule has 110 valence electrons. The lowest BCUT2D eigenvalue weighted by Gasteiger charge is -2.10. The maximum atomic E-state index is 11.7. The predicted octanol–water partition coefficient (Wildman–Crippen LogP) is 3.66. The molecule has 2 amide bonds. The number of anilines is 2. The second-order valence-electron chi connectivity index (χ2n) is 5.87. The van der Waals surface area contributed by atoms with E-state index in [0.717, 1.165) is 0 Å². The largest absolute Gasteiger partial charge is 0.326 e. The van der Waals surface area contributed by atoms with Crippen LogP contribution in [0.25, 0.3) is 0 Å². The van der Waals surface area contributed by atoms with Crippen LogP contribution in [0.3, 0.4) is 0 Å². The molecule has 1 rings (SSSR count). The first-order valence-electron chi connectivity index (χ1n) is 7.06. The molecule has 0 aromatic heterocycles. The first-order chi connectivity index (χ1) is 9.36. The van der Waals surface area contributed by atoms with Crippen molar-refractivity contribution in [1.82, 2.24) is 0 Å². The Kier molecular flexibility index (Phi) is 6.22. The van der Waals surface area contributed by atoms with Gasteiger partial charge in [-0.15, -0.1) is 0 Å². The zero-order valence-electron chi connectivity index (χ0n) is 12.7. The third kappa shape index (κ3) is 6.36. The zero-order chi connectivity index (χ0) is 15.1.